The monoisotopic (exact) mass is 268 g/mol. The van der Waals surface area contributed by atoms with Gasteiger partial charge in [0.25, 0.3) is 7.14 Å². The Morgan fingerprint density at radius 1 is 0.733 bits per heavy atom. The lowest BCUT2D eigenvalue weighted by molar-refractivity contribution is -0.127. The minimum absolute atomic E-state index is 3.42. The van der Waals surface area contributed by atoms with E-state index in [-0.39, 0.29) is 0 Å². The van der Waals surface area contributed by atoms with E-state index in [0.717, 1.165) is 0 Å². The van der Waals surface area contributed by atoms with Crippen LogP contribution in [0.15, 0.2) is 0 Å². The molecule has 0 N–H and O–H groups in total. The molecule has 11 heteroatoms. The quantitative estimate of drug-likeness (QED) is 0.519. The van der Waals surface area contributed by atoms with E-state index in [1.54, 1.807) is 0 Å². The summed E-state index contributed by atoms with van der Waals surface area (Å²) in [5.74, 6) is -12.9. The van der Waals surface area contributed by atoms with Crippen molar-refractivity contribution in [1.29, 1.82) is 0 Å². The standard InChI is InChI=1S/C4H2F9OP/c5-2(6,7)1-15(14,3(8,9)10)4(11,12)13/h1H2. The van der Waals surface area contributed by atoms with Crippen LogP contribution in [0.4, 0.5) is 39.5 Å². The van der Waals surface area contributed by atoms with Crippen LogP contribution in [0.1, 0.15) is 0 Å². The molecule has 0 aliphatic rings. The summed E-state index contributed by atoms with van der Waals surface area (Å²) in [6.07, 6.45) is -9.23. The molecule has 0 heterocycles. The Balaban J connectivity index is 5.37. The summed E-state index contributed by atoms with van der Waals surface area (Å²) >= 11 is 0. The molecule has 0 fully saturated rings. The fraction of sp³-hybridized carbons (Fsp3) is 1.00. The van der Waals surface area contributed by atoms with Crippen molar-refractivity contribution in [2.75, 3.05) is 6.16 Å². The number of hydrogen-bond donors (Lipinski definition) is 0. The molecule has 0 aromatic heterocycles. The summed E-state index contributed by atoms with van der Waals surface area (Å²) in [6, 6.07) is 0. The Hall–Kier alpha value is -0.400. The summed E-state index contributed by atoms with van der Waals surface area (Å²) in [5, 5.41) is 0. The fourth-order valence-corrected chi connectivity index (χ4v) is 1.73. The first kappa shape index (κ1) is 14.6. The van der Waals surface area contributed by atoms with Crippen LogP contribution in [-0.4, -0.2) is 24.2 Å². The van der Waals surface area contributed by atoms with Crippen LogP contribution in [0.2, 0.25) is 0 Å². The third-order valence-electron chi connectivity index (χ3n) is 1.22. The molecule has 0 aliphatic carbocycles. The zero-order valence-electron chi connectivity index (χ0n) is 6.46. The molecule has 0 unspecified atom stereocenters. The summed E-state index contributed by atoms with van der Waals surface area (Å²) < 4.78 is 115. The van der Waals surface area contributed by atoms with Gasteiger partial charge in [-0.25, -0.2) is 0 Å². The molecule has 0 saturated heterocycles. The number of halogens is 9. The highest BCUT2D eigenvalue weighted by molar-refractivity contribution is 7.65. The van der Waals surface area contributed by atoms with Gasteiger partial charge in [0.15, 0.2) is 0 Å². The maximum absolute atomic E-state index is 11.6. The Bertz CT molecular complexity index is 251. The van der Waals surface area contributed by atoms with Gasteiger partial charge >= 0.3 is 18.0 Å². The van der Waals surface area contributed by atoms with Gasteiger partial charge in [0.2, 0.25) is 0 Å². The Morgan fingerprint density at radius 3 is 1.07 bits per heavy atom. The second-order valence-corrected chi connectivity index (χ2v) is 5.26. The average molecular weight is 268 g/mol. The summed E-state index contributed by atoms with van der Waals surface area (Å²) in [7, 11) is -7.33. The van der Waals surface area contributed by atoms with Crippen LogP contribution in [0.3, 0.4) is 0 Å². The molecule has 0 spiro atoms. The Kier molecular flexibility index (Phi) is 3.47. The van der Waals surface area contributed by atoms with E-state index in [1.165, 1.54) is 0 Å². The van der Waals surface area contributed by atoms with Gasteiger partial charge < -0.3 is 4.57 Å². The first-order valence-electron chi connectivity index (χ1n) is 3.00. The van der Waals surface area contributed by atoms with Gasteiger partial charge in [-0.1, -0.05) is 0 Å². The minimum atomic E-state index is -7.33. The molecule has 0 aliphatic heterocycles. The lowest BCUT2D eigenvalue weighted by Gasteiger charge is -2.24. The van der Waals surface area contributed by atoms with E-state index < -0.39 is 31.3 Å². The van der Waals surface area contributed by atoms with Crippen molar-refractivity contribution in [3.63, 3.8) is 0 Å². The van der Waals surface area contributed by atoms with Crippen LogP contribution >= 0.6 is 7.14 Å². The Morgan fingerprint density at radius 2 is 1.00 bits per heavy atom. The van der Waals surface area contributed by atoms with Crippen molar-refractivity contribution in [2.45, 2.75) is 18.0 Å². The Labute approximate surface area is 76.6 Å². The highest BCUT2D eigenvalue weighted by Gasteiger charge is 2.70. The van der Waals surface area contributed by atoms with Gasteiger partial charge in [0, 0.05) is 0 Å². The van der Waals surface area contributed by atoms with E-state index in [9.17, 15) is 44.1 Å². The lowest BCUT2D eigenvalue weighted by Crippen LogP contribution is -2.30. The van der Waals surface area contributed by atoms with E-state index in [4.69, 9.17) is 0 Å². The predicted octanol–water partition coefficient (Wildman–Crippen LogP) is 3.95. The molecule has 0 saturated carbocycles. The summed E-state index contributed by atoms with van der Waals surface area (Å²) in [4.78, 5) is 0. The topological polar surface area (TPSA) is 17.1 Å². The predicted molar refractivity (Wildman–Crippen MR) is 30.6 cm³/mol. The van der Waals surface area contributed by atoms with Crippen molar-refractivity contribution < 1.29 is 44.1 Å². The van der Waals surface area contributed by atoms with Crippen molar-refractivity contribution in [1.82, 2.24) is 0 Å². The van der Waals surface area contributed by atoms with Gasteiger partial charge in [-0.2, -0.15) is 39.5 Å². The fourth-order valence-electron chi connectivity index (χ4n) is 0.576. The molecular weight excluding hydrogens is 266 g/mol. The molecule has 0 radical (unpaired) electrons. The minimum Gasteiger partial charge on any atom is -0.304 e. The van der Waals surface area contributed by atoms with Crippen LogP contribution in [-0.2, 0) is 4.57 Å². The SMILES string of the molecule is O=P(CC(F)(F)F)(C(F)(F)F)C(F)(F)F. The van der Waals surface area contributed by atoms with Crippen LogP contribution < -0.4 is 0 Å². The zero-order valence-corrected chi connectivity index (χ0v) is 7.36. The maximum Gasteiger partial charge on any atom is 0.449 e. The van der Waals surface area contributed by atoms with E-state index in [0.29, 0.717) is 0 Å². The third kappa shape index (κ3) is 3.29. The molecule has 92 valence electrons. The van der Waals surface area contributed by atoms with E-state index >= 15 is 0 Å². The summed E-state index contributed by atoms with van der Waals surface area (Å²) in [5.41, 5.74) is 0. The number of rotatable bonds is 1. The van der Waals surface area contributed by atoms with Gasteiger partial charge in [-0.05, 0) is 0 Å². The molecule has 15 heavy (non-hydrogen) atoms. The molecular formula is C4H2F9OP. The molecule has 1 nitrogen and oxygen atoms in total. The number of hydrogen-bond acceptors (Lipinski definition) is 1. The van der Waals surface area contributed by atoms with Gasteiger partial charge in [0.1, 0.15) is 6.16 Å². The largest absolute Gasteiger partial charge is 0.449 e. The van der Waals surface area contributed by atoms with Crippen LogP contribution in [0.25, 0.3) is 0 Å². The molecule has 0 rings (SSSR count). The van der Waals surface area contributed by atoms with Crippen molar-refractivity contribution >= 4 is 7.14 Å². The number of alkyl halides is 9. The summed E-state index contributed by atoms with van der Waals surface area (Å²) in [6.45, 7) is 0. The first-order chi connectivity index (χ1) is 6.21. The molecule has 0 atom stereocenters. The zero-order chi connectivity index (χ0) is 12.7. The molecule has 0 amide bonds. The lowest BCUT2D eigenvalue weighted by atomic mass is 10.8. The van der Waals surface area contributed by atoms with Crippen LogP contribution in [0, 0.1) is 0 Å². The third-order valence-corrected chi connectivity index (χ3v) is 3.66. The second-order valence-electron chi connectivity index (χ2n) is 2.45. The first-order valence-corrected chi connectivity index (χ1v) is 4.89. The normalized spacial score (nSPS) is 15.5. The van der Waals surface area contributed by atoms with Crippen molar-refractivity contribution in [3.05, 3.63) is 0 Å². The van der Waals surface area contributed by atoms with Crippen LogP contribution in [0.5, 0.6) is 0 Å². The van der Waals surface area contributed by atoms with E-state index in [1.807, 2.05) is 0 Å². The highest BCUT2D eigenvalue weighted by atomic mass is 31.2. The van der Waals surface area contributed by atoms with Gasteiger partial charge in [-0.3, -0.25) is 0 Å². The molecule has 0 aromatic rings. The van der Waals surface area contributed by atoms with Gasteiger partial charge in [-0.15, -0.1) is 0 Å². The molecule has 0 bridgehead atoms. The van der Waals surface area contributed by atoms with Crippen molar-refractivity contribution in [3.8, 4) is 0 Å². The smallest absolute Gasteiger partial charge is 0.304 e. The highest BCUT2D eigenvalue weighted by Crippen LogP contribution is 2.72. The molecule has 0 aromatic carbocycles. The second kappa shape index (κ2) is 3.57. The average Bonchev–Trinajstić information content (AvgIpc) is 1.77. The maximum atomic E-state index is 11.6. The van der Waals surface area contributed by atoms with Gasteiger partial charge in [0.05, 0.1) is 0 Å². The van der Waals surface area contributed by atoms with Crippen molar-refractivity contribution in [2.24, 2.45) is 0 Å². The van der Waals surface area contributed by atoms with E-state index in [2.05, 4.69) is 0 Å².